The molecule has 0 spiro atoms. The van der Waals surface area contributed by atoms with Gasteiger partial charge in [-0.25, -0.2) is 8.42 Å². The Morgan fingerprint density at radius 3 is 2.95 bits per heavy atom. The van der Waals surface area contributed by atoms with E-state index in [-0.39, 0.29) is 4.90 Å². The van der Waals surface area contributed by atoms with Crippen molar-refractivity contribution in [3.63, 3.8) is 0 Å². The number of nitrogens with one attached hydrogen (secondary N) is 2. The highest BCUT2D eigenvalue weighted by atomic mass is 32.2. The molecule has 100 valence electrons. The van der Waals surface area contributed by atoms with Gasteiger partial charge in [-0.15, -0.1) is 0 Å². The number of sulfonamides is 1. The van der Waals surface area contributed by atoms with E-state index >= 15 is 0 Å². The molecule has 0 amide bonds. The largest absolute Gasteiger partial charge is 0.384 e. The van der Waals surface area contributed by atoms with E-state index in [4.69, 9.17) is 0 Å². The number of hydrogen-bond acceptors (Lipinski definition) is 4. The predicted molar refractivity (Wildman–Crippen MR) is 72.7 cm³/mol. The third-order valence-electron chi connectivity index (χ3n) is 3.05. The summed E-state index contributed by atoms with van der Waals surface area (Å²) in [5.41, 5.74) is 2.04. The average Bonchev–Trinajstić information content (AvgIpc) is 2.96. The van der Waals surface area contributed by atoms with Gasteiger partial charge in [0.05, 0.1) is 4.90 Å². The molecule has 1 aliphatic rings. The van der Waals surface area contributed by atoms with Gasteiger partial charge in [0, 0.05) is 31.5 Å². The Labute approximate surface area is 111 Å². The zero-order valence-electron chi connectivity index (χ0n) is 10.4. The Hall–Kier alpha value is -2.02. The van der Waals surface area contributed by atoms with Crippen molar-refractivity contribution < 1.29 is 8.42 Å². The van der Waals surface area contributed by atoms with Crippen LogP contribution in [-0.2, 0) is 23.5 Å². The van der Waals surface area contributed by atoms with Crippen LogP contribution in [0.5, 0.6) is 0 Å². The van der Waals surface area contributed by atoms with Crippen LogP contribution in [0.25, 0.3) is 0 Å². The minimum atomic E-state index is -3.59. The molecule has 0 saturated heterocycles. The SMILES string of the molecule is Cn1ccc(NS(=O)(=O)c2ccc3c(c2)NCC3)n1. The van der Waals surface area contributed by atoms with E-state index in [1.54, 1.807) is 36.1 Å². The van der Waals surface area contributed by atoms with Gasteiger partial charge in [0.25, 0.3) is 10.0 Å². The fourth-order valence-corrected chi connectivity index (χ4v) is 3.13. The Kier molecular flexibility index (Phi) is 2.70. The van der Waals surface area contributed by atoms with Gasteiger partial charge in [0.1, 0.15) is 0 Å². The molecule has 1 aliphatic heterocycles. The molecule has 0 aliphatic carbocycles. The van der Waals surface area contributed by atoms with Gasteiger partial charge in [-0.3, -0.25) is 9.40 Å². The Morgan fingerprint density at radius 2 is 2.21 bits per heavy atom. The summed E-state index contributed by atoms with van der Waals surface area (Å²) in [7, 11) is -1.85. The molecule has 2 heterocycles. The van der Waals surface area contributed by atoms with E-state index in [2.05, 4.69) is 15.1 Å². The number of nitrogens with zero attached hydrogens (tertiary/aromatic N) is 2. The summed E-state index contributed by atoms with van der Waals surface area (Å²) in [4.78, 5) is 0.242. The topological polar surface area (TPSA) is 76.0 Å². The highest BCUT2D eigenvalue weighted by Gasteiger charge is 2.19. The van der Waals surface area contributed by atoms with Crippen LogP contribution >= 0.6 is 0 Å². The van der Waals surface area contributed by atoms with Gasteiger partial charge < -0.3 is 5.32 Å². The van der Waals surface area contributed by atoms with Crippen LogP contribution in [0.2, 0.25) is 0 Å². The normalized spacial score (nSPS) is 13.9. The van der Waals surface area contributed by atoms with Gasteiger partial charge in [0.15, 0.2) is 5.82 Å². The quantitative estimate of drug-likeness (QED) is 0.884. The first-order valence-electron chi connectivity index (χ1n) is 5.94. The van der Waals surface area contributed by atoms with E-state index in [0.29, 0.717) is 5.82 Å². The lowest BCUT2D eigenvalue weighted by Crippen LogP contribution is -2.13. The summed E-state index contributed by atoms with van der Waals surface area (Å²) in [5.74, 6) is 0.316. The van der Waals surface area contributed by atoms with Crippen LogP contribution in [0.4, 0.5) is 11.5 Å². The van der Waals surface area contributed by atoms with Crippen LogP contribution in [0, 0.1) is 0 Å². The number of hydrogen-bond donors (Lipinski definition) is 2. The number of fused-ring (bicyclic) bond motifs is 1. The van der Waals surface area contributed by atoms with Crippen LogP contribution in [-0.4, -0.2) is 24.7 Å². The second-order valence-corrected chi connectivity index (χ2v) is 6.16. The lowest BCUT2D eigenvalue weighted by Gasteiger charge is -2.07. The van der Waals surface area contributed by atoms with Crippen LogP contribution in [0.3, 0.4) is 0 Å². The third kappa shape index (κ3) is 2.28. The fraction of sp³-hybridized carbons (Fsp3) is 0.250. The van der Waals surface area contributed by atoms with Gasteiger partial charge in [-0.2, -0.15) is 5.10 Å². The predicted octanol–water partition coefficient (Wildman–Crippen LogP) is 1.19. The van der Waals surface area contributed by atoms with Crippen LogP contribution in [0.15, 0.2) is 35.4 Å². The molecule has 0 fully saturated rings. The summed E-state index contributed by atoms with van der Waals surface area (Å²) in [6, 6.07) is 6.75. The molecule has 0 bridgehead atoms. The number of rotatable bonds is 3. The molecule has 2 N–H and O–H groups in total. The van der Waals surface area contributed by atoms with Crippen LogP contribution < -0.4 is 10.0 Å². The Bertz CT molecular complexity index is 721. The maximum Gasteiger partial charge on any atom is 0.263 e. The minimum Gasteiger partial charge on any atom is -0.384 e. The fourth-order valence-electron chi connectivity index (χ4n) is 2.10. The number of aromatic nitrogens is 2. The molecular formula is C12H14N4O2S. The molecule has 1 aromatic carbocycles. The minimum absolute atomic E-state index is 0.242. The van der Waals surface area contributed by atoms with E-state index in [1.165, 1.54) is 0 Å². The number of anilines is 2. The number of aryl methyl sites for hydroxylation is 1. The molecule has 0 radical (unpaired) electrons. The number of benzene rings is 1. The summed E-state index contributed by atoms with van der Waals surface area (Å²) in [6.45, 7) is 0.854. The second-order valence-electron chi connectivity index (χ2n) is 4.48. The standard InChI is InChI=1S/C12H14N4O2S/c1-16-7-5-12(14-16)15-19(17,18)10-3-2-9-4-6-13-11(9)8-10/h2-3,5,7-8,13H,4,6H2,1H3,(H,14,15). The maximum atomic E-state index is 12.2. The van der Waals surface area contributed by atoms with Gasteiger partial charge >= 0.3 is 0 Å². The van der Waals surface area contributed by atoms with Crippen molar-refractivity contribution in [2.24, 2.45) is 7.05 Å². The van der Waals surface area contributed by atoms with E-state index < -0.39 is 10.0 Å². The molecule has 0 unspecified atom stereocenters. The van der Waals surface area contributed by atoms with Crippen LogP contribution in [0.1, 0.15) is 5.56 Å². The van der Waals surface area contributed by atoms with Gasteiger partial charge in [-0.05, 0) is 24.1 Å². The Balaban J connectivity index is 1.92. The second kappa shape index (κ2) is 4.27. The van der Waals surface area contributed by atoms with Crippen molar-refractivity contribution in [1.82, 2.24) is 9.78 Å². The average molecular weight is 278 g/mol. The maximum absolute atomic E-state index is 12.2. The molecule has 7 heteroatoms. The molecule has 0 atom stereocenters. The molecular weight excluding hydrogens is 264 g/mol. The summed E-state index contributed by atoms with van der Waals surface area (Å²) >= 11 is 0. The van der Waals surface area contributed by atoms with Crippen molar-refractivity contribution in [3.05, 3.63) is 36.0 Å². The molecule has 19 heavy (non-hydrogen) atoms. The lowest BCUT2D eigenvalue weighted by molar-refractivity contribution is 0.601. The smallest absolute Gasteiger partial charge is 0.263 e. The van der Waals surface area contributed by atoms with Crippen molar-refractivity contribution in [2.45, 2.75) is 11.3 Å². The molecule has 1 aromatic heterocycles. The molecule has 2 aromatic rings. The highest BCUT2D eigenvalue weighted by molar-refractivity contribution is 7.92. The Morgan fingerprint density at radius 1 is 1.37 bits per heavy atom. The summed E-state index contributed by atoms with van der Waals surface area (Å²) in [5, 5.41) is 7.17. The highest BCUT2D eigenvalue weighted by Crippen LogP contribution is 2.26. The monoisotopic (exact) mass is 278 g/mol. The first-order valence-corrected chi connectivity index (χ1v) is 7.42. The summed E-state index contributed by atoms with van der Waals surface area (Å²) in [6.07, 6.45) is 2.62. The van der Waals surface area contributed by atoms with Crippen molar-refractivity contribution in [1.29, 1.82) is 0 Å². The first kappa shape index (κ1) is 12.0. The van der Waals surface area contributed by atoms with Crippen molar-refractivity contribution in [3.8, 4) is 0 Å². The van der Waals surface area contributed by atoms with E-state index in [0.717, 1.165) is 24.2 Å². The van der Waals surface area contributed by atoms with Gasteiger partial charge in [0.2, 0.25) is 0 Å². The molecule has 3 rings (SSSR count). The van der Waals surface area contributed by atoms with Crippen molar-refractivity contribution in [2.75, 3.05) is 16.6 Å². The van der Waals surface area contributed by atoms with Gasteiger partial charge in [-0.1, -0.05) is 6.07 Å². The molecule has 6 nitrogen and oxygen atoms in total. The first-order chi connectivity index (χ1) is 9.04. The van der Waals surface area contributed by atoms with E-state index in [1.807, 2.05) is 6.07 Å². The van der Waals surface area contributed by atoms with E-state index in [9.17, 15) is 8.42 Å². The molecule has 0 saturated carbocycles. The lowest BCUT2D eigenvalue weighted by atomic mass is 10.2. The summed E-state index contributed by atoms with van der Waals surface area (Å²) < 4.78 is 28.4. The third-order valence-corrected chi connectivity index (χ3v) is 4.41. The zero-order valence-corrected chi connectivity index (χ0v) is 11.2. The van der Waals surface area contributed by atoms with Crippen molar-refractivity contribution >= 4 is 21.5 Å². The zero-order chi connectivity index (χ0) is 13.5.